The number of benzene rings is 1. The molecule has 1 aromatic rings. The largest absolute Gasteiger partial charge is 0.398 e. The van der Waals surface area contributed by atoms with Crippen LogP contribution in [0.2, 0.25) is 0 Å². The van der Waals surface area contributed by atoms with E-state index >= 15 is 0 Å². The summed E-state index contributed by atoms with van der Waals surface area (Å²) in [6.07, 6.45) is 5.54. The molecule has 1 atom stereocenters. The summed E-state index contributed by atoms with van der Waals surface area (Å²) in [6, 6.07) is 4.39. The van der Waals surface area contributed by atoms with Crippen molar-refractivity contribution in [2.75, 3.05) is 17.7 Å². The molecule has 0 radical (unpaired) electrons. The van der Waals surface area contributed by atoms with E-state index in [9.17, 15) is 0 Å². The van der Waals surface area contributed by atoms with Crippen molar-refractivity contribution >= 4 is 16.9 Å². The number of rotatable bonds is 6. The van der Waals surface area contributed by atoms with E-state index in [1.165, 1.54) is 29.8 Å². The minimum atomic E-state index is 0.0420. The molecule has 0 saturated heterocycles. The van der Waals surface area contributed by atoms with Gasteiger partial charge < -0.3 is 10.6 Å². The first-order chi connectivity index (χ1) is 10.4. The van der Waals surface area contributed by atoms with Gasteiger partial charge in [-0.05, 0) is 42.5 Å². The molecular weight excluding hydrogens is 268 g/mol. The standard InChI is InChI=1S/C20H30N2/c1-7-10-11-20(9-3)15(5)22(6)19-12-16(14(4)8-2)18(21)13-17(19)20/h12-13H,4-5,7-11,21H2,1-3,6H3. The predicted octanol–water partition coefficient (Wildman–Crippen LogP) is 5.49. The van der Waals surface area contributed by atoms with E-state index in [-0.39, 0.29) is 5.41 Å². The number of hydrogen-bond donors (Lipinski definition) is 1. The summed E-state index contributed by atoms with van der Waals surface area (Å²) in [6.45, 7) is 15.2. The Hall–Kier alpha value is -1.70. The SMILES string of the molecule is C=C(CC)c1cc2c(cc1N)C(CC)(CCCC)C(=C)N2C. The highest BCUT2D eigenvalue weighted by Gasteiger charge is 2.43. The summed E-state index contributed by atoms with van der Waals surface area (Å²) in [5, 5.41) is 0. The van der Waals surface area contributed by atoms with Crippen molar-refractivity contribution in [3.8, 4) is 0 Å². The van der Waals surface area contributed by atoms with E-state index in [4.69, 9.17) is 5.73 Å². The van der Waals surface area contributed by atoms with Gasteiger partial charge >= 0.3 is 0 Å². The van der Waals surface area contributed by atoms with Gasteiger partial charge in [-0.3, -0.25) is 0 Å². The Morgan fingerprint density at radius 3 is 2.50 bits per heavy atom. The highest BCUT2D eigenvalue weighted by Crippen LogP contribution is 2.53. The van der Waals surface area contributed by atoms with E-state index < -0.39 is 0 Å². The van der Waals surface area contributed by atoms with Crippen LogP contribution in [-0.4, -0.2) is 7.05 Å². The first-order valence-corrected chi connectivity index (χ1v) is 8.48. The lowest BCUT2D eigenvalue weighted by Gasteiger charge is -2.31. The minimum absolute atomic E-state index is 0.0420. The number of anilines is 2. The lowest BCUT2D eigenvalue weighted by molar-refractivity contribution is 0.439. The van der Waals surface area contributed by atoms with Crippen molar-refractivity contribution in [2.24, 2.45) is 0 Å². The summed E-state index contributed by atoms with van der Waals surface area (Å²) in [5.41, 5.74) is 13.2. The van der Waals surface area contributed by atoms with Crippen LogP contribution < -0.4 is 10.6 Å². The lowest BCUT2D eigenvalue weighted by atomic mass is 9.73. The van der Waals surface area contributed by atoms with Gasteiger partial charge in [0.25, 0.3) is 0 Å². The minimum Gasteiger partial charge on any atom is -0.398 e. The maximum absolute atomic E-state index is 6.36. The number of allylic oxidation sites excluding steroid dienone is 2. The van der Waals surface area contributed by atoms with Crippen LogP contribution in [0.4, 0.5) is 11.4 Å². The Balaban J connectivity index is 2.61. The number of likely N-dealkylation sites (N-methyl/N-ethyl adjacent to an activating group) is 1. The predicted molar refractivity (Wildman–Crippen MR) is 99.2 cm³/mol. The summed E-state index contributed by atoms with van der Waals surface area (Å²) < 4.78 is 0. The van der Waals surface area contributed by atoms with E-state index in [0.717, 1.165) is 36.1 Å². The second-order valence-electron chi connectivity index (χ2n) is 6.46. The van der Waals surface area contributed by atoms with Gasteiger partial charge in [0.2, 0.25) is 0 Å². The van der Waals surface area contributed by atoms with E-state index in [2.05, 4.69) is 58.0 Å². The summed E-state index contributed by atoms with van der Waals surface area (Å²) in [5.74, 6) is 0. The van der Waals surface area contributed by atoms with E-state index in [1.54, 1.807) is 0 Å². The molecule has 0 aromatic heterocycles. The molecule has 2 nitrogen and oxygen atoms in total. The van der Waals surface area contributed by atoms with Crippen molar-refractivity contribution < 1.29 is 0 Å². The molecule has 2 rings (SSSR count). The fourth-order valence-corrected chi connectivity index (χ4v) is 3.71. The maximum atomic E-state index is 6.36. The fourth-order valence-electron chi connectivity index (χ4n) is 3.71. The monoisotopic (exact) mass is 298 g/mol. The molecule has 0 spiro atoms. The second kappa shape index (κ2) is 6.20. The summed E-state index contributed by atoms with van der Waals surface area (Å²) in [4.78, 5) is 2.25. The molecule has 0 saturated carbocycles. The average Bonchev–Trinajstić information content (AvgIpc) is 2.73. The molecule has 1 aliphatic heterocycles. The second-order valence-corrected chi connectivity index (χ2v) is 6.46. The van der Waals surface area contributed by atoms with Crippen LogP contribution in [0.3, 0.4) is 0 Å². The Bertz CT molecular complexity index is 600. The fraction of sp³-hybridized carbons (Fsp3) is 0.500. The Morgan fingerprint density at radius 1 is 1.27 bits per heavy atom. The molecule has 1 heterocycles. The van der Waals surface area contributed by atoms with Crippen molar-refractivity contribution in [2.45, 2.75) is 58.3 Å². The normalized spacial score (nSPS) is 20.4. The molecule has 0 bridgehead atoms. The molecule has 2 N–H and O–H groups in total. The Kier molecular flexibility index (Phi) is 4.69. The molecule has 22 heavy (non-hydrogen) atoms. The molecule has 0 amide bonds. The zero-order valence-electron chi connectivity index (χ0n) is 14.6. The lowest BCUT2D eigenvalue weighted by Crippen LogP contribution is -2.28. The van der Waals surface area contributed by atoms with Gasteiger partial charge in [-0.2, -0.15) is 0 Å². The molecule has 120 valence electrons. The van der Waals surface area contributed by atoms with Gasteiger partial charge in [0.05, 0.1) is 0 Å². The Morgan fingerprint density at radius 2 is 1.95 bits per heavy atom. The van der Waals surface area contributed by atoms with Crippen molar-refractivity contribution in [1.29, 1.82) is 0 Å². The molecule has 1 aromatic carbocycles. The van der Waals surface area contributed by atoms with Crippen LogP contribution in [0.1, 0.15) is 64.0 Å². The van der Waals surface area contributed by atoms with Gasteiger partial charge in [0, 0.05) is 35.1 Å². The van der Waals surface area contributed by atoms with Gasteiger partial charge in [-0.25, -0.2) is 0 Å². The molecule has 1 unspecified atom stereocenters. The summed E-state index contributed by atoms with van der Waals surface area (Å²) in [7, 11) is 2.12. The van der Waals surface area contributed by atoms with Crippen LogP contribution in [0.25, 0.3) is 5.57 Å². The van der Waals surface area contributed by atoms with E-state index in [0.29, 0.717) is 0 Å². The van der Waals surface area contributed by atoms with Gasteiger partial charge in [-0.15, -0.1) is 0 Å². The van der Waals surface area contributed by atoms with Gasteiger partial charge in [0.15, 0.2) is 0 Å². The zero-order valence-corrected chi connectivity index (χ0v) is 14.6. The molecule has 1 aliphatic rings. The van der Waals surface area contributed by atoms with Crippen molar-refractivity contribution in [1.82, 2.24) is 0 Å². The number of nitrogens with zero attached hydrogens (tertiary/aromatic N) is 1. The van der Waals surface area contributed by atoms with Crippen LogP contribution >= 0.6 is 0 Å². The van der Waals surface area contributed by atoms with Gasteiger partial charge in [-0.1, -0.05) is 46.8 Å². The smallest absolute Gasteiger partial charge is 0.0455 e. The van der Waals surface area contributed by atoms with Gasteiger partial charge in [0.1, 0.15) is 0 Å². The molecular formula is C20H30N2. The first kappa shape index (κ1) is 16.7. The average molecular weight is 298 g/mol. The van der Waals surface area contributed by atoms with Crippen molar-refractivity contribution in [3.05, 3.63) is 42.1 Å². The Labute approximate surface area is 135 Å². The molecule has 2 heteroatoms. The first-order valence-electron chi connectivity index (χ1n) is 8.48. The third kappa shape index (κ3) is 2.35. The van der Waals surface area contributed by atoms with Crippen LogP contribution in [0.15, 0.2) is 31.0 Å². The number of nitrogens with two attached hydrogens (primary N) is 1. The summed E-state index contributed by atoms with van der Waals surface area (Å²) >= 11 is 0. The highest BCUT2D eigenvalue weighted by molar-refractivity contribution is 5.82. The van der Waals surface area contributed by atoms with Crippen molar-refractivity contribution in [3.63, 3.8) is 0 Å². The molecule has 0 fully saturated rings. The van der Waals surface area contributed by atoms with Crippen LogP contribution in [0, 0.1) is 0 Å². The maximum Gasteiger partial charge on any atom is 0.0455 e. The molecule has 0 aliphatic carbocycles. The number of nitrogen functional groups attached to an aromatic ring is 1. The number of unbranched alkanes of at least 4 members (excludes halogenated alkanes) is 1. The topological polar surface area (TPSA) is 29.3 Å². The van der Waals surface area contributed by atoms with Crippen LogP contribution in [0.5, 0.6) is 0 Å². The highest BCUT2D eigenvalue weighted by atomic mass is 15.2. The number of hydrogen-bond acceptors (Lipinski definition) is 2. The zero-order chi connectivity index (χ0) is 16.5. The quantitative estimate of drug-likeness (QED) is 0.703. The third-order valence-electron chi connectivity index (χ3n) is 5.37. The third-order valence-corrected chi connectivity index (χ3v) is 5.37. The number of fused-ring (bicyclic) bond motifs is 1. The van der Waals surface area contributed by atoms with E-state index in [1.807, 2.05) is 0 Å². The van der Waals surface area contributed by atoms with Crippen LogP contribution in [-0.2, 0) is 5.41 Å².